The summed E-state index contributed by atoms with van der Waals surface area (Å²) >= 11 is 0. The molecular formula is C14H17N7O. The lowest BCUT2D eigenvalue weighted by atomic mass is 10.3. The molecule has 1 aromatic carbocycles. The highest BCUT2D eigenvalue weighted by molar-refractivity contribution is 5.79. The number of imidazole rings is 1. The van der Waals surface area contributed by atoms with Crippen molar-refractivity contribution in [3.05, 3.63) is 30.3 Å². The number of aliphatic hydroxyl groups is 1. The maximum absolute atomic E-state index is 8.85. The van der Waals surface area contributed by atoms with Crippen LogP contribution in [0.2, 0.25) is 0 Å². The maximum Gasteiger partial charge on any atom is 0.223 e. The normalized spacial score (nSPS) is 10.8. The molecule has 114 valence electrons. The zero-order chi connectivity index (χ0) is 15.5. The number of rotatable bonds is 5. The third-order valence-corrected chi connectivity index (χ3v) is 3.19. The molecule has 0 unspecified atom stereocenters. The Hall–Kier alpha value is -2.87. The SMILES string of the molecule is Cn1c(Nc2cc(NCCO)nc(N)n2)nc2ccccc21. The van der Waals surface area contributed by atoms with Crippen LogP contribution in [0.1, 0.15) is 0 Å². The van der Waals surface area contributed by atoms with Crippen LogP contribution in [-0.2, 0) is 7.05 Å². The molecule has 0 bridgehead atoms. The van der Waals surface area contributed by atoms with Crippen LogP contribution < -0.4 is 16.4 Å². The molecule has 5 N–H and O–H groups in total. The van der Waals surface area contributed by atoms with E-state index in [1.807, 2.05) is 35.9 Å². The monoisotopic (exact) mass is 299 g/mol. The first-order valence-electron chi connectivity index (χ1n) is 6.85. The number of aliphatic hydroxyl groups excluding tert-OH is 1. The highest BCUT2D eigenvalue weighted by Crippen LogP contribution is 2.21. The second kappa shape index (κ2) is 5.86. The van der Waals surface area contributed by atoms with Gasteiger partial charge in [0, 0.05) is 19.7 Å². The van der Waals surface area contributed by atoms with E-state index in [0.717, 1.165) is 11.0 Å². The molecule has 0 atom stereocenters. The number of nitrogens with two attached hydrogens (primary N) is 1. The number of nitrogens with one attached hydrogen (secondary N) is 2. The van der Waals surface area contributed by atoms with Crippen LogP contribution in [0.3, 0.4) is 0 Å². The first-order valence-corrected chi connectivity index (χ1v) is 6.85. The predicted octanol–water partition coefficient (Wildman–Crippen LogP) is 1.09. The van der Waals surface area contributed by atoms with Crippen molar-refractivity contribution < 1.29 is 5.11 Å². The lowest BCUT2D eigenvalue weighted by Crippen LogP contribution is -2.10. The molecule has 3 rings (SSSR count). The second-order valence-corrected chi connectivity index (χ2v) is 4.76. The van der Waals surface area contributed by atoms with Crippen LogP contribution in [0.4, 0.5) is 23.5 Å². The number of hydrogen-bond acceptors (Lipinski definition) is 7. The number of anilines is 4. The Morgan fingerprint density at radius 3 is 2.73 bits per heavy atom. The Labute approximate surface area is 127 Å². The van der Waals surface area contributed by atoms with Gasteiger partial charge in [0.05, 0.1) is 17.6 Å². The fourth-order valence-electron chi connectivity index (χ4n) is 2.18. The molecule has 8 heteroatoms. The predicted molar refractivity (Wildman–Crippen MR) is 86.0 cm³/mol. The summed E-state index contributed by atoms with van der Waals surface area (Å²) in [6.07, 6.45) is 0. The minimum atomic E-state index is 0.0113. The summed E-state index contributed by atoms with van der Waals surface area (Å²) in [6, 6.07) is 9.57. The van der Waals surface area contributed by atoms with E-state index >= 15 is 0 Å². The molecule has 3 aromatic rings. The fraction of sp³-hybridized carbons (Fsp3) is 0.214. The lowest BCUT2D eigenvalue weighted by molar-refractivity contribution is 0.311. The molecule has 0 aliphatic carbocycles. The summed E-state index contributed by atoms with van der Waals surface area (Å²) in [5, 5.41) is 14.9. The number of nitrogens with zero attached hydrogens (tertiary/aromatic N) is 4. The van der Waals surface area contributed by atoms with E-state index in [1.165, 1.54) is 0 Å². The average molecular weight is 299 g/mol. The number of para-hydroxylation sites is 2. The first-order chi connectivity index (χ1) is 10.7. The fourth-order valence-corrected chi connectivity index (χ4v) is 2.18. The minimum Gasteiger partial charge on any atom is -0.395 e. The van der Waals surface area contributed by atoms with Crippen molar-refractivity contribution in [2.45, 2.75) is 0 Å². The van der Waals surface area contributed by atoms with Gasteiger partial charge in [-0.15, -0.1) is 0 Å². The molecular weight excluding hydrogens is 282 g/mol. The number of aryl methyl sites for hydroxylation is 1. The maximum atomic E-state index is 8.85. The molecule has 0 aliphatic rings. The number of benzene rings is 1. The van der Waals surface area contributed by atoms with Crippen molar-refractivity contribution in [1.29, 1.82) is 0 Å². The van der Waals surface area contributed by atoms with Crippen molar-refractivity contribution in [3.8, 4) is 0 Å². The van der Waals surface area contributed by atoms with Crippen molar-refractivity contribution in [2.24, 2.45) is 7.05 Å². The van der Waals surface area contributed by atoms with Crippen molar-refractivity contribution >= 4 is 34.6 Å². The smallest absolute Gasteiger partial charge is 0.223 e. The highest BCUT2D eigenvalue weighted by Gasteiger charge is 2.09. The van der Waals surface area contributed by atoms with Gasteiger partial charge in [-0.25, -0.2) is 4.98 Å². The topological polar surface area (TPSA) is 114 Å². The molecule has 0 spiro atoms. The van der Waals surface area contributed by atoms with E-state index in [4.69, 9.17) is 10.8 Å². The Morgan fingerprint density at radius 2 is 1.95 bits per heavy atom. The van der Waals surface area contributed by atoms with E-state index < -0.39 is 0 Å². The summed E-state index contributed by atoms with van der Waals surface area (Å²) in [5.74, 6) is 1.88. The van der Waals surface area contributed by atoms with Crippen LogP contribution in [0.5, 0.6) is 0 Å². The molecule has 0 amide bonds. The molecule has 0 fully saturated rings. The third-order valence-electron chi connectivity index (χ3n) is 3.19. The van der Waals surface area contributed by atoms with E-state index in [-0.39, 0.29) is 12.6 Å². The summed E-state index contributed by atoms with van der Waals surface area (Å²) < 4.78 is 1.94. The van der Waals surface area contributed by atoms with E-state index in [1.54, 1.807) is 6.07 Å². The standard InChI is InChI=1S/C14H17N7O/c1-21-10-5-3-2-4-9(10)17-14(21)20-12-8-11(16-6-7-22)18-13(15)19-12/h2-5,8,22H,6-7H2,1H3,(H4,15,16,17,18,19,20). The summed E-state index contributed by atoms with van der Waals surface area (Å²) in [7, 11) is 1.92. The minimum absolute atomic E-state index is 0.0113. The quantitative estimate of drug-likeness (QED) is 0.557. The average Bonchev–Trinajstić information content (AvgIpc) is 2.81. The molecule has 0 saturated heterocycles. The van der Waals surface area contributed by atoms with Gasteiger partial charge in [0.25, 0.3) is 0 Å². The molecule has 22 heavy (non-hydrogen) atoms. The van der Waals surface area contributed by atoms with E-state index in [0.29, 0.717) is 24.1 Å². The second-order valence-electron chi connectivity index (χ2n) is 4.76. The van der Waals surface area contributed by atoms with Gasteiger partial charge in [0.2, 0.25) is 11.9 Å². The van der Waals surface area contributed by atoms with Gasteiger partial charge in [0.15, 0.2) is 0 Å². The van der Waals surface area contributed by atoms with Crippen LogP contribution in [0, 0.1) is 0 Å². The van der Waals surface area contributed by atoms with E-state index in [2.05, 4.69) is 25.6 Å². The molecule has 0 radical (unpaired) electrons. The van der Waals surface area contributed by atoms with Gasteiger partial charge in [-0.2, -0.15) is 9.97 Å². The summed E-state index contributed by atoms with van der Waals surface area (Å²) in [5.41, 5.74) is 7.62. The van der Waals surface area contributed by atoms with E-state index in [9.17, 15) is 0 Å². The number of fused-ring (bicyclic) bond motifs is 1. The molecule has 0 aliphatic heterocycles. The van der Waals surface area contributed by atoms with Gasteiger partial charge in [0.1, 0.15) is 11.6 Å². The van der Waals surface area contributed by atoms with Crippen LogP contribution in [0.15, 0.2) is 30.3 Å². The molecule has 2 aromatic heterocycles. The number of aromatic nitrogens is 4. The highest BCUT2D eigenvalue weighted by atomic mass is 16.3. The summed E-state index contributed by atoms with van der Waals surface area (Å²) in [6.45, 7) is 0.402. The summed E-state index contributed by atoms with van der Waals surface area (Å²) in [4.78, 5) is 12.7. The largest absolute Gasteiger partial charge is 0.395 e. The Balaban J connectivity index is 1.91. The van der Waals surface area contributed by atoms with Gasteiger partial charge in [-0.05, 0) is 12.1 Å². The van der Waals surface area contributed by atoms with Crippen LogP contribution >= 0.6 is 0 Å². The lowest BCUT2D eigenvalue weighted by Gasteiger charge is -2.09. The van der Waals surface area contributed by atoms with Gasteiger partial charge in [-0.3, -0.25) is 0 Å². The first kappa shape index (κ1) is 14.1. The van der Waals surface area contributed by atoms with Crippen molar-refractivity contribution in [3.63, 3.8) is 0 Å². The Morgan fingerprint density at radius 1 is 1.18 bits per heavy atom. The Kier molecular flexibility index (Phi) is 3.75. The molecule has 0 saturated carbocycles. The number of hydrogen-bond donors (Lipinski definition) is 4. The molecule has 8 nitrogen and oxygen atoms in total. The Bertz CT molecular complexity index is 799. The third kappa shape index (κ3) is 2.77. The van der Waals surface area contributed by atoms with Gasteiger partial charge < -0.3 is 26.0 Å². The van der Waals surface area contributed by atoms with Crippen LogP contribution in [0.25, 0.3) is 11.0 Å². The molecule has 2 heterocycles. The van der Waals surface area contributed by atoms with Crippen molar-refractivity contribution in [2.75, 3.05) is 29.5 Å². The van der Waals surface area contributed by atoms with Crippen LogP contribution in [-0.4, -0.2) is 37.8 Å². The number of nitrogen functional groups attached to an aromatic ring is 1. The van der Waals surface area contributed by atoms with Crippen molar-refractivity contribution in [1.82, 2.24) is 19.5 Å². The zero-order valence-corrected chi connectivity index (χ0v) is 12.1. The van der Waals surface area contributed by atoms with Gasteiger partial charge >= 0.3 is 0 Å². The zero-order valence-electron chi connectivity index (χ0n) is 12.1. The van der Waals surface area contributed by atoms with Gasteiger partial charge in [-0.1, -0.05) is 12.1 Å².